The molecule has 2 nitrogen and oxygen atoms in total. The summed E-state index contributed by atoms with van der Waals surface area (Å²) in [5.41, 5.74) is 0.472. The highest BCUT2D eigenvalue weighted by Gasteiger charge is 2.34. The summed E-state index contributed by atoms with van der Waals surface area (Å²) in [5, 5.41) is 3.40. The van der Waals surface area contributed by atoms with Crippen LogP contribution in [0.5, 0.6) is 0 Å². The third kappa shape index (κ3) is 2.46. The summed E-state index contributed by atoms with van der Waals surface area (Å²) in [7, 11) is 1.80. The van der Waals surface area contributed by atoms with Gasteiger partial charge in [0, 0.05) is 13.7 Å². The maximum absolute atomic E-state index is 5.44. The summed E-state index contributed by atoms with van der Waals surface area (Å²) in [6, 6.07) is 0. The fourth-order valence-electron chi connectivity index (χ4n) is 2.12. The molecule has 1 aliphatic heterocycles. The van der Waals surface area contributed by atoms with Crippen molar-refractivity contribution >= 4 is 0 Å². The predicted molar refractivity (Wildman–Crippen MR) is 51.3 cm³/mol. The van der Waals surface area contributed by atoms with Crippen molar-refractivity contribution in [2.45, 2.75) is 39.2 Å². The van der Waals surface area contributed by atoms with Crippen LogP contribution in [0.4, 0.5) is 0 Å². The van der Waals surface area contributed by atoms with Gasteiger partial charge in [-0.3, -0.25) is 0 Å². The Morgan fingerprint density at radius 3 is 2.58 bits per heavy atom. The van der Waals surface area contributed by atoms with Gasteiger partial charge < -0.3 is 10.1 Å². The number of hydrogen-bond donors (Lipinski definition) is 1. The van der Waals surface area contributed by atoms with Crippen LogP contribution in [-0.2, 0) is 4.74 Å². The van der Waals surface area contributed by atoms with Gasteiger partial charge in [-0.15, -0.1) is 0 Å². The maximum Gasteiger partial charge on any atom is 0.0628 e. The molecule has 72 valence electrons. The molecule has 1 fully saturated rings. The average molecular weight is 171 g/mol. The predicted octanol–water partition coefficient (Wildman–Crippen LogP) is 1.80. The highest BCUT2D eigenvalue weighted by atomic mass is 16.5. The normalized spacial score (nSPS) is 31.0. The van der Waals surface area contributed by atoms with Crippen molar-refractivity contribution in [1.82, 2.24) is 5.32 Å². The molecule has 0 aromatic rings. The number of rotatable bonds is 3. The Kier molecular flexibility index (Phi) is 2.79. The Morgan fingerprint density at radius 2 is 2.17 bits per heavy atom. The van der Waals surface area contributed by atoms with Crippen molar-refractivity contribution in [2.24, 2.45) is 5.41 Å². The first-order chi connectivity index (χ1) is 5.47. The van der Waals surface area contributed by atoms with Crippen LogP contribution in [0.15, 0.2) is 0 Å². The van der Waals surface area contributed by atoms with Gasteiger partial charge in [-0.1, -0.05) is 6.92 Å². The van der Waals surface area contributed by atoms with Crippen molar-refractivity contribution in [3.8, 4) is 0 Å². The summed E-state index contributed by atoms with van der Waals surface area (Å²) >= 11 is 0. The first kappa shape index (κ1) is 10.0. The lowest BCUT2D eigenvalue weighted by Gasteiger charge is -2.33. The molecule has 0 spiro atoms. The average Bonchev–Trinajstić information content (AvgIpc) is 2.35. The zero-order valence-corrected chi connectivity index (χ0v) is 8.74. The molecule has 1 saturated heterocycles. The first-order valence-corrected chi connectivity index (χ1v) is 4.73. The lowest BCUT2D eigenvalue weighted by molar-refractivity contribution is -0.0126. The first-order valence-electron chi connectivity index (χ1n) is 4.73. The minimum atomic E-state index is 0.0285. The van der Waals surface area contributed by atoms with Gasteiger partial charge in [0.15, 0.2) is 0 Å². The van der Waals surface area contributed by atoms with E-state index in [0.717, 1.165) is 19.5 Å². The summed E-state index contributed by atoms with van der Waals surface area (Å²) < 4.78 is 5.44. The van der Waals surface area contributed by atoms with E-state index in [2.05, 4.69) is 26.1 Å². The van der Waals surface area contributed by atoms with Gasteiger partial charge in [0.2, 0.25) is 0 Å². The second kappa shape index (κ2) is 3.35. The molecule has 0 radical (unpaired) electrons. The van der Waals surface area contributed by atoms with Crippen LogP contribution in [-0.4, -0.2) is 25.8 Å². The van der Waals surface area contributed by atoms with Gasteiger partial charge in [0.25, 0.3) is 0 Å². The van der Waals surface area contributed by atoms with Crippen LogP contribution in [0, 0.1) is 5.41 Å². The van der Waals surface area contributed by atoms with E-state index < -0.39 is 0 Å². The molecule has 1 rings (SSSR count). The zero-order chi connectivity index (χ0) is 9.24. The van der Waals surface area contributed by atoms with Gasteiger partial charge in [0.1, 0.15) is 0 Å². The molecule has 1 aliphatic rings. The number of nitrogens with one attached hydrogen (secondary N) is 1. The van der Waals surface area contributed by atoms with E-state index in [9.17, 15) is 0 Å². The summed E-state index contributed by atoms with van der Waals surface area (Å²) in [5.74, 6) is 0. The van der Waals surface area contributed by atoms with Crippen molar-refractivity contribution < 1.29 is 4.74 Å². The molecule has 0 bridgehead atoms. The standard InChI is InChI=1S/C10H21NO/c1-9(2,12-4)7-10(3)5-6-11-8-10/h11H,5-8H2,1-4H3. The van der Waals surface area contributed by atoms with E-state index in [-0.39, 0.29) is 5.60 Å². The molecule has 1 heterocycles. The molecule has 1 atom stereocenters. The minimum Gasteiger partial charge on any atom is -0.379 e. The Hall–Kier alpha value is -0.0800. The Morgan fingerprint density at radius 1 is 1.50 bits per heavy atom. The summed E-state index contributed by atoms with van der Waals surface area (Å²) in [4.78, 5) is 0. The molecular weight excluding hydrogens is 150 g/mol. The van der Waals surface area contributed by atoms with Gasteiger partial charge in [-0.25, -0.2) is 0 Å². The van der Waals surface area contributed by atoms with Gasteiger partial charge in [-0.2, -0.15) is 0 Å². The fourth-order valence-corrected chi connectivity index (χ4v) is 2.12. The van der Waals surface area contributed by atoms with E-state index >= 15 is 0 Å². The van der Waals surface area contributed by atoms with Crippen LogP contribution >= 0.6 is 0 Å². The molecule has 1 N–H and O–H groups in total. The van der Waals surface area contributed by atoms with Crippen molar-refractivity contribution in [3.63, 3.8) is 0 Å². The molecule has 0 aromatic carbocycles. The fraction of sp³-hybridized carbons (Fsp3) is 1.00. The number of methoxy groups -OCH3 is 1. The smallest absolute Gasteiger partial charge is 0.0628 e. The molecule has 2 heteroatoms. The molecule has 0 saturated carbocycles. The van der Waals surface area contributed by atoms with Crippen LogP contribution < -0.4 is 5.32 Å². The van der Waals surface area contributed by atoms with E-state index in [4.69, 9.17) is 4.74 Å². The lowest BCUT2D eigenvalue weighted by Crippen LogP contribution is -2.33. The lowest BCUT2D eigenvalue weighted by atomic mass is 9.79. The van der Waals surface area contributed by atoms with Crippen molar-refractivity contribution in [1.29, 1.82) is 0 Å². The summed E-state index contributed by atoms with van der Waals surface area (Å²) in [6.07, 6.45) is 2.42. The quantitative estimate of drug-likeness (QED) is 0.699. The molecule has 1 unspecified atom stereocenters. The van der Waals surface area contributed by atoms with Crippen molar-refractivity contribution in [3.05, 3.63) is 0 Å². The Bertz CT molecular complexity index is 148. The third-order valence-corrected chi connectivity index (χ3v) is 2.86. The molecule has 0 amide bonds. The highest BCUT2D eigenvalue weighted by molar-refractivity contribution is 4.89. The minimum absolute atomic E-state index is 0.0285. The SMILES string of the molecule is COC(C)(C)CC1(C)CCNC1. The van der Waals surface area contributed by atoms with E-state index in [1.54, 1.807) is 7.11 Å². The monoisotopic (exact) mass is 171 g/mol. The van der Waals surface area contributed by atoms with E-state index in [1.165, 1.54) is 6.42 Å². The van der Waals surface area contributed by atoms with Crippen LogP contribution in [0.2, 0.25) is 0 Å². The molecule has 12 heavy (non-hydrogen) atoms. The number of ether oxygens (including phenoxy) is 1. The van der Waals surface area contributed by atoms with Gasteiger partial charge in [0.05, 0.1) is 5.60 Å². The molecule has 0 aromatic heterocycles. The van der Waals surface area contributed by atoms with Crippen LogP contribution in [0.25, 0.3) is 0 Å². The number of hydrogen-bond acceptors (Lipinski definition) is 2. The molecule has 0 aliphatic carbocycles. The van der Waals surface area contributed by atoms with E-state index in [1.807, 2.05) is 0 Å². The van der Waals surface area contributed by atoms with Crippen LogP contribution in [0.3, 0.4) is 0 Å². The van der Waals surface area contributed by atoms with E-state index in [0.29, 0.717) is 5.41 Å². The highest BCUT2D eigenvalue weighted by Crippen LogP contribution is 2.34. The largest absolute Gasteiger partial charge is 0.379 e. The summed E-state index contributed by atoms with van der Waals surface area (Å²) in [6.45, 7) is 8.97. The topological polar surface area (TPSA) is 21.3 Å². The molecular formula is C10H21NO. The second-order valence-corrected chi connectivity index (χ2v) is 4.88. The van der Waals surface area contributed by atoms with Crippen molar-refractivity contribution in [2.75, 3.05) is 20.2 Å². The van der Waals surface area contributed by atoms with Crippen LogP contribution in [0.1, 0.15) is 33.6 Å². The van der Waals surface area contributed by atoms with Gasteiger partial charge >= 0.3 is 0 Å². The Balaban J connectivity index is 2.48. The maximum atomic E-state index is 5.44. The Labute approximate surface area is 75.7 Å². The second-order valence-electron chi connectivity index (χ2n) is 4.88. The van der Waals surface area contributed by atoms with Gasteiger partial charge in [-0.05, 0) is 38.6 Å². The zero-order valence-electron chi connectivity index (χ0n) is 8.74. The third-order valence-electron chi connectivity index (χ3n) is 2.86.